The predicted octanol–water partition coefficient (Wildman–Crippen LogP) is 3.29. The van der Waals surface area contributed by atoms with Crippen LogP contribution in [0.15, 0.2) is 30.3 Å². The van der Waals surface area contributed by atoms with E-state index in [1.54, 1.807) is 0 Å². The lowest BCUT2D eigenvalue weighted by Gasteiger charge is -2.35. The van der Waals surface area contributed by atoms with Crippen molar-refractivity contribution in [2.24, 2.45) is 0 Å². The summed E-state index contributed by atoms with van der Waals surface area (Å²) in [6, 6.07) is 12.2. The molecule has 1 aromatic carbocycles. The van der Waals surface area contributed by atoms with Crippen LogP contribution in [0.1, 0.15) is 50.1 Å². The van der Waals surface area contributed by atoms with Gasteiger partial charge in [0.1, 0.15) is 0 Å². The summed E-state index contributed by atoms with van der Waals surface area (Å²) in [7, 11) is 0. The Labute approximate surface area is 153 Å². The molecule has 2 aliphatic heterocycles. The minimum absolute atomic E-state index is 0.503. The van der Waals surface area contributed by atoms with E-state index in [4.69, 9.17) is 6.42 Å². The standard InChI is InChI=1S/C22H33N3/c1-2-14-24-17-12-21(13-18-24)23-19-22(20-10-6-5-7-11-20)25-15-8-3-4-9-16-25/h1,5-7,10-11,21-23H,3-4,8-9,12-19H2. The molecule has 3 nitrogen and oxygen atoms in total. The Balaban J connectivity index is 1.57. The van der Waals surface area contributed by atoms with Gasteiger partial charge in [0.2, 0.25) is 0 Å². The van der Waals surface area contributed by atoms with Crippen LogP contribution in [-0.4, -0.2) is 55.1 Å². The molecule has 3 heteroatoms. The van der Waals surface area contributed by atoms with Crippen LogP contribution in [0, 0.1) is 12.3 Å². The highest BCUT2D eigenvalue weighted by atomic mass is 15.2. The van der Waals surface area contributed by atoms with Gasteiger partial charge in [-0.15, -0.1) is 6.42 Å². The Kier molecular flexibility index (Phi) is 7.36. The van der Waals surface area contributed by atoms with Crippen LogP contribution in [0.5, 0.6) is 0 Å². The smallest absolute Gasteiger partial charge is 0.0598 e. The molecule has 25 heavy (non-hydrogen) atoms. The molecule has 2 heterocycles. The Morgan fingerprint density at radius 3 is 2.32 bits per heavy atom. The molecular formula is C22H33N3. The van der Waals surface area contributed by atoms with Gasteiger partial charge in [0.25, 0.3) is 0 Å². The Morgan fingerprint density at radius 1 is 1.00 bits per heavy atom. The summed E-state index contributed by atoms with van der Waals surface area (Å²) < 4.78 is 0. The zero-order chi connectivity index (χ0) is 17.3. The predicted molar refractivity (Wildman–Crippen MR) is 106 cm³/mol. The summed E-state index contributed by atoms with van der Waals surface area (Å²) in [4.78, 5) is 5.10. The number of terminal acetylenes is 1. The largest absolute Gasteiger partial charge is 0.312 e. The molecule has 0 bridgehead atoms. The third-order valence-electron chi connectivity index (χ3n) is 5.77. The van der Waals surface area contributed by atoms with Gasteiger partial charge in [-0.1, -0.05) is 49.1 Å². The lowest BCUT2D eigenvalue weighted by molar-refractivity contribution is 0.176. The molecule has 2 fully saturated rings. The van der Waals surface area contributed by atoms with Crippen molar-refractivity contribution in [3.05, 3.63) is 35.9 Å². The van der Waals surface area contributed by atoms with Crippen LogP contribution >= 0.6 is 0 Å². The highest BCUT2D eigenvalue weighted by Crippen LogP contribution is 2.24. The quantitative estimate of drug-likeness (QED) is 0.803. The normalized spacial score (nSPS) is 22.2. The number of nitrogens with zero attached hydrogens (tertiary/aromatic N) is 2. The van der Waals surface area contributed by atoms with Gasteiger partial charge >= 0.3 is 0 Å². The minimum Gasteiger partial charge on any atom is -0.312 e. The first-order valence-corrected chi connectivity index (χ1v) is 10.0. The zero-order valence-corrected chi connectivity index (χ0v) is 15.5. The number of benzene rings is 1. The Bertz CT molecular complexity index is 520. The third-order valence-corrected chi connectivity index (χ3v) is 5.77. The number of rotatable bonds is 6. The van der Waals surface area contributed by atoms with Gasteiger partial charge in [0.15, 0.2) is 0 Å². The summed E-state index contributed by atoms with van der Waals surface area (Å²) >= 11 is 0. The number of likely N-dealkylation sites (tertiary alicyclic amines) is 2. The summed E-state index contributed by atoms with van der Waals surface area (Å²) in [6.07, 6.45) is 13.3. The van der Waals surface area contributed by atoms with Crippen molar-refractivity contribution in [2.45, 2.75) is 50.6 Å². The van der Waals surface area contributed by atoms with Crippen molar-refractivity contribution < 1.29 is 0 Å². The molecule has 0 saturated carbocycles. The molecule has 0 amide bonds. The van der Waals surface area contributed by atoms with Crippen LogP contribution in [0.25, 0.3) is 0 Å². The van der Waals surface area contributed by atoms with Gasteiger partial charge in [0, 0.05) is 31.7 Å². The van der Waals surface area contributed by atoms with Gasteiger partial charge in [-0.3, -0.25) is 9.80 Å². The highest BCUT2D eigenvalue weighted by Gasteiger charge is 2.24. The summed E-state index contributed by atoms with van der Waals surface area (Å²) in [6.45, 7) is 6.59. The maximum Gasteiger partial charge on any atom is 0.0598 e. The van der Waals surface area contributed by atoms with Gasteiger partial charge in [-0.25, -0.2) is 0 Å². The Hall–Kier alpha value is -1.34. The summed E-state index contributed by atoms with van der Waals surface area (Å²) in [5.74, 6) is 2.77. The van der Waals surface area contributed by atoms with Crippen LogP contribution in [-0.2, 0) is 0 Å². The first-order chi connectivity index (χ1) is 12.4. The Morgan fingerprint density at radius 2 is 1.68 bits per heavy atom. The molecule has 1 atom stereocenters. The maximum absolute atomic E-state index is 5.44. The molecule has 0 aromatic heterocycles. The second-order valence-corrected chi connectivity index (χ2v) is 7.54. The van der Waals surface area contributed by atoms with E-state index in [2.05, 4.69) is 51.4 Å². The van der Waals surface area contributed by atoms with E-state index in [0.717, 1.165) is 26.2 Å². The molecule has 0 radical (unpaired) electrons. The first kappa shape index (κ1) is 18.5. The average Bonchev–Trinajstić information content (AvgIpc) is 2.94. The lowest BCUT2D eigenvalue weighted by Crippen LogP contribution is -2.45. The van der Waals surface area contributed by atoms with E-state index in [0.29, 0.717) is 12.1 Å². The van der Waals surface area contributed by atoms with Crippen molar-refractivity contribution in [1.29, 1.82) is 0 Å². The molecule has 0 spiro atoms. The number of hydrogen-bond acceptors (Lipinski definition) is 3. The number of piperidine rings is 1. The molecule has 3 rings (SSSR count). The van der Waals surface area contributed by atoms with Crippen LogP contribution in [0.2, 0.25) is 0 Å². The van der Waals surface area contributed by atoms with E-state index in [9.17, 15) is 0 Å². The summed E-state index contributed by atoms with van der Waals surface area (Å²) in [5.41, 5.74) is 1.46. The van der Waals surface area contributed by atoms with Gasteiger partial charge in [-0.05, 0) is 44.3 Å². The van der Waals surface area contributed by atoms with Crippen LogP contribution in [0.3, 0.4) is 0 Å². The molecule has 1 aromatic rings. The highest BCUT2D eigenvalue weighted by molar-refractivity contribution is 5.19. The maximum atomic E-state index is 5.44. The topological polar surface area (TPSA) is 18.5 Å². The zero-order valence-electron chi connectivity index (χ0n) is 15.5. The van der Waals surface area contributed by atoms with Gasteiger partial charge in [0.05, 0.1) is 6.54 Å². The summed E-state index contributed by atoms with van der Waals surface area (Å²) in [5, 5.41) is 3.88. The van der Waals surface area contributed by atoms with Crippen molar-refractivity contribution >= 4 is 0 Å². The van der Waals surface area contributed by atoms with Gasteiger partial charge < -0.3 is 5.32 Å². The van der Waals surface area contributed by atoms with Crippen molar-refractivity contribution in [3.63, 3.8) is 0 Å². The minimum atomic E-state index is 0.503. The van der Waals surface area contributed by atoms with Crippen molar-refractivity contribution in [3.8, 4) is 12.3 Å². The van der Waals surface area contributed by atoms with E-state index >= 15 is 0 Å². The molecule has 1 N–H and O–H groups in total. The second-order valence-electron chi connectivity index (χ2n) is 7.54. The monoisotopic (exact) mass is 339 g/mol. The molecule has 136 valence electrons. The fourth-order valence-electron chi connectivity index (χ4n) is 4.24. The van der Waals surface area contributed by atoms with E-state index in [1.807, 2.05) is 0 Å². The van der Waals surface area contributed by atoms with E-state index < -0.39 is 0 Å². The van der Waals surface area contributed by atoms with E-state index in [1.165, 1.54) is 57.2 Å². The molecule has 1 unspecified atom stereocenters. The number of hydrogen-bond donors (Lipinski definition) is 1. The van der Waals surface area contributed by atoms with Crippen molar-refractivity contribution in [1.82, 2.24) is 15.1 Å². The third kappa shape index (κ3) is 5.57. The van der Waals surface area contributed by atoms with Crippen LogP contribution < -0.4 is 5.32 Å². The lowest BCUT2D eigenvalue weighted by atomic mass is 10.0. The van der Waals surface area contributed by atoms with E-state index in [-0.39, 0.29) is 0 Å². The van der Waals surface area contributed by atoms with Crippen LogP contribution in [0.4, 0.5) is 0 Å². The first-order valence-electron chi connectivity index (χ1n) is 10.0. The fourth-order valence-corrected chi connectivity index (χ4v) is 4.24. The average molecular weight is 340 g/mol. The second kappa shape index (κ2) is 9.97. The molecule has 0 aliphatic carbocycles. The SMILES string of the molecule is C#CCN1CCC(NCC(c2ccccc2)N2CCCCCC2)CC1. The molecular weight excluding hydrogens is 306 g/mol. The van der Waals surface area contributed by atoms with Crippen molar-refractivity contribution in [2.75, 3.05) is 39.3 Å². The fraction of sp³-hybridized carbons (Fsp3) is 0.636. The number of nitrogens with one attached hydrogen (secondary N) is 1. The molecule has 2 aliphatic rings. The molecule has 2 saturated heterocycles. The van der Waals surface area contributed by atoms with Gasteiger partial charge in [-0.2, -0.15) is 0 Å².